The van der Waals surface area contributed by atoms with Gasteiger partial charge in [0.15, 0.2) is 0 Å². The average molecular weight is 407 g/mol. The van der Waals surface area contributed by atoms with E-state index in [2.05, 4.69) is 40.8 Å². The third-order valence-corrected chi connectivity index (χ3v) is 7.02. The number of aryl methyl sites for hydroxylation is 1. The normalized spacial score (nSPS) is 15.4. The van der Waals surface area contributed by atoms with Gasteiger partial charge in [-0.25, -0.2) is 13.1 Å². The summed E-state index contributed by atoms with van der Waals surface area (Å²) in [6, 6.07) is 25.5. The third-order valence-electron chi connectivity index (χ3n) is 5.49. The van der Waals surface area contributed by atoms with Crippen LogP contribution in [0.1, 0.15) is 18.4 Å². The molecule has 1 fully saturated rings. The van der Waals surface area contributed by atoms with Crippen molar-refractivity contribution in [1.82, 2.24) is 4.72 Å². The zero-order chi connectivity index (χ0) is 20.3. The van der Waals surface area contributed by atoms with Gasteiger partial charge < -0.3 is 4.90 Å². The molecule has 0 amide bonds. The molecule has 5 heteroatoms. The number of rotatable bonds is 5. The van der Waals surface area contributed by atoms with Crippen LogP contribution in [-0.2, 0) is 10.0 Å². The van der Waals surface area contributed by atoms with Crippen LogP contribution in [0.5, 0.6) is 0 Å². The maximum atomic E-state index is 12.8. The predicted molar refractivity (Wildman–Crippen MR) is 119 cm³/mol. The van der Waals surface area contributed by atoms with Crippen molar-refractivity contribution in [1.29, 1.82) is 0 Å². The molecule has 29 heavy (non-hydrogen) atoms. The van der Waals surface area contributed by atoms with Crippen LogP contribution in [-0.4, -0.2) is 27.5 Å². The topological polar surface area (TPSA) is 49.4 Å². The number of hydrogen-bond donors (Lipinski definition) is 1. The van der Waals surface area contributed by atoms with Gasteiger partial charge in [0.05, 0.1) is 4.90 Å². The van der Waals surface area contributed by atoms with Gasteiger partial charge in [-0.15, -0.1) is 0 Å². The first-order valence-electron chi connectivity index (χ1n) is 10.0. The van der Waals surface area contributed by atoms with E-state index in [9.17, 15) is 8.42 Å². The Morgan fingerprint density at radius 2 is 1.38 bits per heavy atom. The Hall–Kier alpha value is -2.63. The van der Waals surface area contributed by atoms with E-state index in [4.69, 9.17) is 0 Å². The first-order valence-corrected chi connectivity index (χ1v) is 11.5. The Morgan fingerprint density at radius 3 is 2.00 bits per heavy atom. The van der Waals surface area contributed by atoms with Crippen LogP contribution in [0.15, 0.2) is 83.8 Å². The molecule has 150 valence electrons. The zero-order valence-corrected chi connectivity index (χ0v) is 17.4. The number of hydrogen-bond acceptors (Lipinski definition) is 3. The number of nitrogens with zero attached hydrogens (tertiary/aromatic N) is 1. The van der Waals surface area contributed by atoms with Crippen LogP contribution in [0.3, 0.4) is 0 Å². The summed E-state index contributed by atoms with van der Waals surface area (Å²) in [6.07, 6.45) is 1.60. The largest absolute Gasteiger partial charge is 0.371 e. The SMILES string of the molecule is Cc1ccc(N2CCC(NS(=O)(=O)c3ccc(-c4ccccc4)cc3)CC2)cc1. The third kappa shape index (κ3) is 4.69. The highest BCUT2D eigenvalue weighted by Gasteiger charge is 2.24. The van der Waals surface area contributed by atoms with E-state index in [-0.39, 0.29) is 6.04 Å². The van der Waals surface area contributed by atoms with Gasteiger partial charge in [-0.1, -0.05) is 60.2 Å². The highest BCUT2D eigenvalue weighted by atomic mass is 32.2. The van der Waals surface area contributed by atoms with Crippen molar-refractivity contribution in [2.24, 2.45) is 0 Å². The van der Waals surface area contributed by atoms with Crippen molar-refractivity contribution in [3.8, 4) is 11.1 Å². The minimum Gasteiger partial charge on any atom is -0.371 e. The summed E-state index contributed by atoms with van der Waals surface area (Å²) >= 11 is 0. The average Bonchev–Trinajstić information content (AvgIpc) is 2.75. The fourth-order valence-electron chi connectivity index (χ4n) is 3.76. The van der Waals surface area contributed by atoms with Gasteiger partial charge in [0.25, 0.3) is 0 Å². The highest BCUT2D eigenvalue weighted by Crippen LogP contribution is 2.23. The zero-order valence-electron chi connectivity index (χ0n) is 16.6. The number of nitrogens with one attached hydrogen (secondary N) is 1. The molecule has 4 nitrogen and oxygen atoms in total. The Morgan fingerprint density at radius 1 is 0.793 bits per heavy atom. The number of anilines is 1. The molecule has 0 unspecified atom stereocenters. The van der Waals surface area contributed by atoms with E-state index >= 15 is 0 Å². The van der Waals surface area contributed by atoms with Crippen molar-refractivity contribution in [2.45, 2.75) is 30.7 Å². The molecule has 1 aliphatic rings. The molecular weight excluding hydrogens is 380 g/mol. The standard InChI is InChI=1S/C24H26N2O2S/c1-19-7-11-23(12-8-19)26-17-15-22(16-18-26)25-29(27,28)24-13-9-21(10-14-24)20-5-3-2-4-6-20/h2-14,22,25H,15-18H2,1H3. The summed E-state index contributed by atoms with van der Waals surface area (Å²) in [5.74, 6) is 0. The smallest absolute Gasteiger partial charge is 0.240 e. The summed E-state index contributed by atoms with van der Waals surface area (Å²) in [5.41, 5.74) is 4.53. The second kappa shape index (κ2) is 8.39. The summed E-state index contributed by atoms with van der Waals surface area (Å²) in [7, 11) is -3.52. The lowest BCUT2D eigenvalue weighted by molar-refractivity contribution is 0.460. The van der Waals surface area contributed by atoms with E-state index in [1.807, 2.05) is 42.5 Å². The second-order valence-electron chi connectivity index (χ2n) is 7.61. The van der Waals surface area contributed by atoms with Crippen molar-refractivity contribution in [3.63, 3.8) is 0 Å². The van der Waals surface area contributed by atoms with E-state index < -0.39 is 10.0 Å². The Labute approximate surface area is 173 Å². The van der Waals surface area contributed by atoms with Gasteiger partial charge in [0.1, 0.15) is 0 Å². The van der Waals surface area contributed by atoms with Crippen molar-refractivity contribution in [2.75, 3.05) is 18.0 Å². The molecule has 0 aromatic heterocycles. The maximum Gasteiger partial charge on any atom is 0.240 e. The highest BCUT2D eigenvalue weighted by molar-refractivity contribution is 7.89. The number of benzene rings is 3. The molecule has 0 radical (unpaired) electrons. The monoisotopic (exact) mass is 406 g/mol. The maximum absolute atomic E-state index is 12.8. The lowest BCUT2D eigenvalue weighted by Crippen LogP contribution is -2.44. The Bertz CT molecular complexity index is 1040. The fourth-order valence-corrected chi connectivity index (χ4v) is 5.06. The van der Waals surface area contributed by atoms with E-state index in [1.165, 1.54) is 11.3 Å². The van der Waals surface area contributed by atoms with Gasteiger partial charge in [0.2, 0.25) is 10.0 Å². The van der Waals surface area contributed by atoms with Crippen LogP contribution in [0.2, 0.25) is 0 Å². The van der Waals surface area contributed by atoms with Gasteiger partial charge in [-0.2, -0.15) is 0 Å². The van der Waals surface area contributed by atoms with Gasteiger partial charge in [-0.3, -0.25) is 0 Å². The lowest BCUT2D eigenvalue weighted by Gasteiger charge is -2.33. The molecular formula is C24H26N2O2S. The quantitative estimate of drug-likeness (QED) is 0.673. The first kappa shape index (κ1) is 19.7. The van der Waals surface area contributed by atoms with Crippen molar-refractivity contribution >= 4 is 15.7 Å². The van der Waals surface area contributed by atoms with Crippen LogP contribution in [0.4, 0.5) is 5.69 Å². The second-order valence-corrected chi connectivity index (χ2v) is 9.32. The summed E-state index contributed by atoms with van der Waals surface area (Å²) < 4.78 is 28.5. The van der Waals surface area contributed by atoms with E-state index in [0.29, 0.717) is 4.90 Å². The van der Waals surface area contributed by atoms with E-state index in [0.717, 1.165) is 37.1 Å². The molecule has 1 N–H and O–H groups in total. The van der Waals surface area contributed by atoms with Gasteiger partial charge in [-0.05, 0) is 55.2 Å². The molecule has 1 saturated heterocycles. The van der Waals surface area contributed by atoms with Crippen molar-refractivity contribution in [3.05, 3.63) is 84.4 Å². The molecule has 1 aliphatic heterocycles. The minimum atomic E-state index is -3.52. The molecule has 3 aromatic rings. The molecule has 0 bridgehead atoms. The molecule has 3 aromatic carbocycles. The number of sulfonamides is 1. The Balaban J connectivity index is 1.38. The molecule has 0 atom stereocenters. The molecule has 4 rings (SSSR count). The summed E-state index contributed by atoms with van der Waals surface area (Å²) in [6.45, 7) is 3.78. The Kier molecular flexibility index (Phi) is 5.69. The van der Waals surface area contributed by atoms with Crippen LogP contribution < -0.4 is 9.62 Å². The van der Waals surface area contributed by atoms with E-state index in [1.54, 1.807) is 12.1 Å². The molecule has 1 heterocycles. The van der Waals surface area contributed by atoms with Crippen molar-refractivity contribution < 1.29 is 8.42 Å². The molecule has 0 saturated carbocycles. The molecule has 0 aliphatic carbocycles. The summed E-state index contributed by atoms with van der Waals surface area (Å²) in [4.78, 5) is 2.64. The predicted octanol–water partition coefficient (Wildman–Crippen LogP) is 4.61. The lowest BCUT2D eigenvalue weighted by atomic mass is 10.1. The molecule has 0 spiro atoms. The summed E-state index contributed by atoms with van der Waals surface area (Å²) in [5, 5.41) is 0. The van der Waals surface area contributed by atoms with Crippen LogP contribution in [0, 0.1) is 6.92 Å². The van der Waals surface area contributed by atoms with Crippen LogP contribution >= 0.6 is 0 Å². The minimum absolute atomic E-state index is 0.0319. The first-order chi connectivity index (χ1) is 14.0. The van der Waals surface area contributed by atoms with Crippen LogP contribution in [0.25, 0.3) is 11.1 Å². The number of piperidine rings is 1. The van der Waals surface area contributed by atoms with Gasteiger partial charge >= 0.3 is 0 Å². The van der Waals surface area contributed by atoms with Gasteiger partial charge in [0, 0.05) is 24.8 Å². The fraction of sp³-hybridized carbons (Fsp3) is 0.250.